The van der Waals surface area contributed by atoms with E-state index in [0.717, 1.165) is 43.0 Å². The van der Waals surface area contributed by atoms with Crippen molar-refractivity contribution < 1.29 is 9.90 Å². The van der Waals surface area contributed by atoms with E-state index in [1.807, 2.05) is 0 Å². The number of nitrogens with zero attached hydrogens (tertiary/aromatic N) is 4. The Morgan fingerprint density at radius 1 is 1.09 bits per heavy atom. The van der Waals surface area contributed by atoms with Crippen LogP contribution in [-0.4, -0.2) is 52.1 Å². The smallest absolute Gasteiger partial charge is 0.356 e. The van der Waals surface area contributed by atoms with E-state index < -0.39 is 5.97 Å². The van der Waals surface area contributed by atoms with E-state index in [1.165, 1.54) is 18.0 Å². The maximum atomic E-state index is 10.8. The molecule has 1 aromatic heterocycles. The van der Waals surface area contributed by atoms with E-state index in [0.29, 0.717) is 0 Å². The fourth-order valence-corrected chi connectivity index (χ4v) is 2.84. The zero-order valence-corrected chi connectivity index (χ0v) is 14.1. The van der Waals surface area contributed by atoms with Gasteiger partial charge in [0.25, 0.3) is 0 Å². The van der Waals surface area contributed by atoms with Crippen LogP contribution < -0.4 is 4.90 Å². The first-order chi connectivity index (χ1) is 11.1. The number of hydrogen-bond acceptors (Lipinski definition) is 5. The van der Waals surface area contributed by atoms with Gasteiger partial charge in [0, 0.05) is 37.2 Å². The minimum atomic E-state index is -1.05. The SMILES string of the molecule is O=C(O)c1cnc(N2CCN(Cc3ccc(Br)cc3)CC2)cn1. The standard InChI is InChI=1S/C16H17BrN4O2/c17-13-3-1-12(2-4-13)11-20-5-7-21(8-6-20)15-10-18-14(9-19-15)16(22)23/h1-4,9-10H,5-8,11H2,(H,22,23). The molecule has 0 radical (unpaired) electrons. The molecule has 0 amide bonds. The molecule has 0 bridgehead atoms. The molecule has 120 valence electrons. The molecule has 0 spiro atoms. The number of hydrogen-bond donors (Lipinski definition) is 1. The summed E-state index contributed by atoms with van der Waals surface area (Å²) in [5.41, 5.74) is 1.27. The van der Waals surface area contributed by atoms with Gasteiger partial charge in [0.15, 0.2) is 5.69 Å². The molecule has 0 atom stereocenters. The molecule has 7 heteroatoms. The second-order valence-electron chi connectivity index (χ2n) is 5.45. The van der Waals surface area contributed by atoms with Crippen LogP contribution in [0, 0.1) is 0 Å². The Bertz CT molecular complexity index is 667. The molecule has 2 aromatic rings. The molecule has 1 N–H and O–H groups in total. The third-order valence-electron chi connectivity index (χ3n) is 3.87. The number of piperazine rings is 1. The lowest BCUT2D eigenvalue weighted by molar-refractivity contribution is 0.0690. The van der Waals surface area contributed by atoms with Crippen LogP contribution in [0.4, 0.5) is 5.82 Å². The fraction of sp³-hybridized carbons (Fsp3) is 0.312. The first-order valence-electron chi connectivity index (χ1n) is 7.39. The number of halogens is 1. The van der Waals surface area contributed by atoms with Crippen molar-refractivity contribution in [2.45, 2.75) is 6.54 Å². The van der Waals surface area contributed by atoms with Gasteiger partial charge in [-0.3, -0.25) is 4.90 Å². The van der Waals surface area contributed by atoms with Crippen LogP contribution in [-0.2, 0) is 6.54 Å². The van der Waals surface area contributed by atoms with Gasteiger partial charge in [0.2, 0.25) is 0 Å². The number of aromatic carboxylic acids is 1. The van der Waals surface area contributed by atoms with Gasteiger partial charge in [-0.05, 0) is 17.7 Å². The molecule has 6 nitrogen and oxygen atoms in total. The second kappa shape index (κ2) is 7.06. The number of aromatic nitrogens is 2. The quantitative estimate of drug-likeness (QED) is 0.882. The van der Waals surface area contributed by atoms with Crippen LogP contribution in [0.2, 0.25) is 0 Å². The molecular weight excluding hydrogens is 360 g/mol. The molecule has 1 saturated heterocycles. The van der Waals surface area contributed by atoms with Gasteiger partial charge in [-0.25, -0.2) is 14.8 Å². The van der Waals surface area contributed by atoms with Gasteiger partial charge in [-0.15, -0.1) is 0 Å². The summed E-state index contributed by atoms with van der Waals surface area (Å²) in [4.78, 5) is 23.5. The summed E-state index contributed by atoms with van der Waals surface area (Å²) in [6.07, 6.45) is 2.85. The van der Waals surface area contributed by atoms with Crippen molar-refractivity contribution in [3.05, 3.63) is 52.4 Å². The molecule has 0 saturated carbocycles. The fourth-order valence-electron chi connectivity index (χ4n) is 2.58. The molecule has 1 aromatic carbocycles. The highest BCUT2D eigenvalue weighted by Crippen LogP contribution is 2.16. The molecular formula is C16H17BrN4O2. The monoisotopic (exact) mass is 376 g/mol. The molecule has 0 aliphatic carbocycles. The van der Waals surface area contributed by atoms with Crippen LogP contribution in [0.5, 0.6) is 0 Å². The first-order valence-corrected chi connectivity index (χ1v) is 8.18. The molecule has 3 rings (SSSR count). The van der Waals surface area contributed by atoms with E-state index >= 15 is 0 Å². The summed E-state index contributed by atoms with van der Waals surface area (Å²) in [6.45, 7) is 4.54. The highest BCUT2D eigenvalue weighted by molar-refractivity contribution is 9.10. The predicted molar refractivity (Wildman–Crippen MR) is 90.6 cm³/mol. The number of carbonyl (C=O) groups is 1. The molecule has 0 unspecified atom stereocenters. The van der Waals surface area contributed by atoms with Crippen molar-refractivity contribution in [3.63, 3.8) is 0 Å². The molecule has 2 heterocycles. The number of carboxylic acids is 1. The number of benzene rings is 1. The van der Waals surface area contributed by atoms with Crippen LogP contribution in [0.3, 0.4) is 0 Å². The minimum Gasteiger partial charge on any atom is -0.476 e. The van der Waals surface area contributed by atoms with Gasteiger partial charge in [0.05, 0.1) is 12.4 Å². The lowest BCUT2D eigenvalue weighted by Crippen LogP contribution is -2.46. The van der Waals surface area contributed by atoms with E-state index in [2.05, 4.69) is 60.0 Å². The highest BCUT2D eigenvalue weighted by Gasteiger charge is 2.18. The summed E-state index contributed by atoms with van der Waals surface area (Å²) in [6, 6.07) is 8.38. The second-order valence-corrected chi connectivity index (χ2v) is 6.37. The summed E-state index contributed by atoms with van der Waals surface area (Å²) >= 11 is 3.45. The van der Waals surface area contributed by atoms with Crippen molar-refractivity contribution in [2.75, 3.05) is 31.1 Å². The first kappa shape index (κ1) is 15.9. The lowest BCUT2D eigenvalue weighted by Gasteiger charge is -2.35. The summed E-state index contributed by atoms with van der Waals surface area (Å²) in [7, 11) is 0. The Morgan fingerprint density at radius 3 is 2.35 bits per heavy atom. The third-order valence-corrected chi connectivity index (χ3v) is 4.40. The van der Waals surface area contributed by atoms with E-state index in [1.54, 1.807) is 0 Å². The Kier molecular flexibility index (Phi) is 4.88. The number of rotatable bonds is 4. The summed E-state index contributed by atoms with van der Waals surface area (Å²) in [5, 5.41) is 8.85. The zero-order chi connectivity index (χ0) is 16.2. The number of anilines is 1. The van der Waals surface area contributed by atoms with E-state index in [-0.39, 0.29) is 5.69 Å². The van der Waals surface area contributed by atoms with E-state index in [9.17, 15) is 4.79 Å². The van der Waals surface area contributed by atoms with Gasteiger partial charge < -0.3 is 10.0 Å². The lowest BCUT2D eigenvalue weighted by atomic mass is 10.2. The third kappa shape index (κ3) is 4.05. The van der Waals surface area contributed by atoms with Crippen LogP contribution >= 0.6 is 15.9 Å². The van der Waals surface area contributed by atoms with Gasteiger partial charge in [-0.2, -0.15) is 0 Å². The number of carboxylic acid groups (broad SMARTS) is 1. The molecule has 1 aliphatic heterocycles. The van der Waals surface area contributed by atoms with Crippen molar-refractivity contribution in [3.8, 4) is 0 Å². The summed E-state index contributed by atoms with van der Waals surface area (Å²) < 4.78 is 1.09. The summed E-state index contributed by atoms with van der Waals surface area (Å²) in [5.74, 6) is -0.318. The van der Waals surface area contributed by atoms with Crippen molar-refractivity contribution in [2.24, 2.45) is 0 Å². The average Bonchev–Trinajstić information content (AvgIpc) is 2.58. The Hall–Kier alpha value is -1.99. The maximum absolute atomic E-state index is 10.8. The van der Waals surface area contributed by atoms with Crippen molar-refractivity contribution in [1.82, 2.24) is 14.9 Å². The van der Waals surface area contributed by atoms with Crippen molar-refractivity contribution in [1.29, 1.82) is 0 Å². The molecule has 1 aliphatic rings. The van der Waals surface area contributed by atoms with Gasteiger partial charge in [-0.1, -0.05) is 28.1 Å². The van der Waals surface area contributed by atoms with Gasteiger partial charge >= 0.3 is 5.97 Å². The van der Waals surface area contributed by atoms with Crippen molar-refractivity contribution >= 4 is 27.7 Å². The van der Waals surface area contributed by atoms with E-state index in [4.69, 9.17) is 5.11 Å². The molecule has 23 heavy (non-hydrogen) atoms. The maximum Gasteiger partial charge on any atom is 0.356 e. The minimum absolute atomic E-state index is 0.0253. The Balaban J connectivity index is 1.55. The van der Waals surface area contributed by atoms with Crippen LogP contribution in [0.25, 0.3) is 0 Å². The van der Waals surface area contributed by atoms with Gasteiger partial charge in [0.1, 0.15) is 5.82 Å². The van der Waals surface area contributed by atoms with Crippen LogP contribution in [0.15, 0.2) is 41.1 Å². The molecule has 1 fully saturated rings. The zero-order valence-electron chi connectivity index (χ0n) is 12.5. The Labute approximate surface area is 142 Å². The van der Waals surface area contributed by atoms with Crippen LogP contribution in [0.1, 0.15) is 16.1 Å². The topological polar surface area (TPSA) is 69.6 Å². The predicted octanol–water partition coefficient (Wildman–Crippen LogP) is 2.26. The highest BCUT2D eigenvalue weighted by atomic mass is 79.9. The largest absolute Gasteiger partial charge is 0.476 e. The Morgan fingerprint density at radius 2 is 1.78 bits per heavy atom. The average molecular weight is 377 g/mol. The normalized spacial score (nSPS) is 15.6.